The highest BCUT2D eigenvalue weighted by Crippen LogP contribution is 2.48. The van der Waals surface area contributed by atoms with Crippen LogP contribution in [-0.2, 0) is 9.53 Å². The molecule has 0 aromatic heterocycles. The Morgan fingerprint density at radius 2 is 1.89 bits per heavy atom. The van der Waals surface area contributed by atoms with Gasteiger partial charge in [-0.3, -0.25) is 4.79 Å². The van der Waals surface area contributed by atoms with Gasteiger partial charge in [0.1, 0.15) is 0 Å². The zero-order valence-electron chi connectivity index (χ0n) is 11.9. The summed E-state index contributed by atoms with van der Waals surface area (Å²) in [5.41, 5.74) is 0. The fraction of sp³-hybridized carbons (Fsp3) is 0.933. The lowest BCUT2D eigenvalue weighted by Gasteiger charge is -2.21. The molecule has 1 amide bonds. The molecular weight excluding hydrogens is 240 g/mol. The van der Waals surface area contributed by atoms with Crippen molar-refractivity contribution in [2.45, 2.75) is 38.6 Å². The summed E-state index contributed by atoms with van der Waals surface area (Å²) in [4.78, 5) is 12.3. The number of hydrogen-bond donors (Lipinski definition) is 2. The number of likely N-dealkylation sites (N-methyl/N-ethyl adjacent to an activating group) is 1. The van der Waals surface area contributed by atoms with Gasteiger partial charge in [-0.2, -0.15) is 0 Å². The molecule has 108 valence electrons. The van der Waals surface area contributed by atoms with E-state index in [0.29, 0.717) is 13.2 Å². The van der Waals surface area contributed by atoms with E-state index in [1.54, 1.807) is 0 Å². The van der Waals surface area contributed by atoms with Crippen LogP contribution in [0.2, 0.25) is 0 Å². The fourth-order valence-electron chi connectivity index (χ4n) is 3.39. The number of amides is 1. The number of ether oxygens (including phenoxy) is 1. The molecule has 1 saturated heterocycles. The predicted molar refractivity (Wildman–Crippen MR) is 73.7 cm³/mol. The average Bonchev–Trinajstić information content (AvgIpc) is 3.31. The third-order valence-corrected chi connectivity index (χ3v) is 4.85. The van der Waals surface area contributed by atoms with Crippen LogP contribution in [0.3, 0.4) is 0 Å². The van der Waals surface area contributed by atoms with Crippen LogP contribution in [0.15, 0.2) is 0 Å². The second kappa shape index (κ2) is 5.80. The largest absolute Gasteiger partial charge is 0.379 e. The summed E-state index contributed by atoms with van der Waals surface area (Å²) in [5.74, 6) is 2.74. The average molecular weight is 266 g/mol. The van der Waals surface area contributed by atoms with E-state index in [2.05, 4.69) is 17.6 Å². The molecule has 0 aromatic carbocycles. The monoisotopic (exact) mass is 266 g/mol. The number of rotatable bonds is 7. The maximum atomic E-state index is 12.3. The van der Waals surface area contributed by atoms with Crippen LogP contribution in [-0.4, -0.2) is 38.3 Å². The number of nitrogens with one attached hydrogen (secondary N) is 2. The molecule has 2 aliphatic carbocycles. The van der Waals surface area contributed by atoms with E-state index in [9.17, 15) is 4.79 Å². The van der Waals surface area contributed by atoms with Crippen molar-refractivity contribution in [1.82, 2.24) is 10.6 Å². The molecule has 0 bridgehead atoms. The van der Waals surface area contributed by atoms with Crippen LogP contribution >= 0.6 is 0 Å². The highest BCUT2D eigenvalue weighted by Gasteiger charge is 2.42. The zero-order valence-corrected chi connectivity index (χ0v) is 11.9. The van der Waals surface area contributed by atoms with Gasteiger partial charge >= 0.3 is 0 Å². The smallest absolute Gasteiger partial charge is 0.227 e. The normalized spacial score (nSPS) is 30.8. The Bertz CT molecular complexity index is 314. The Balaban J connectivity index is 1.47. The molecule has 3 rings (SSSR count). The van der Waals surface area contributed by atoms with E-state index in [4.69, 9.17) is 4.74 Å². The van der Waals surface area contributed by atoms with Gasteiger partial charge in [-0.15, -0.1) is 0 Å². The van der Waals surface area contributed by atoms with Crippen LogP contribution in [0.25, 0.3) is 0 Å². The first-order chi connectivity index (χ1) is 9.29. The first-order valence-corrected chi connectivity index (χ1v) is 7.88. The van der Waals surface area contributed by atoms with Gasteiger partial charge in [-0.25, -0.2) is 0 Å². The third kappa shape index (κ3) is 3.29. The standard InChI is InChI=1S/C15H26N2O2/c1-2-16-14-9-19-8-13(14)15(18)17-7-12(10-3-4-10)11-5-6-11/h10-14,16H,2-9H2,1H3,(H,17,18). The number of carbonyl (C=O) groups excluding carboxylic acids is 1. The maximum absolute atomic E-state index is 12.3. The van der Waals surface area contributed by atoms with Crippen molar-refractivity contribution >= 4 is 5.91 Å². The summed E-state index contributed by atoms with van der Waals surface area (Å²) in [6.07, 6.45) is 5.51. The lowest BCUT2D eigenvalue weighted by atomic mass is 9.97. The lowest BCUT2D eigenvalue weighted by molar-refractivity contribution is -0.125. The summed E-state index contributed by atoms with van der Waals surface area (Å²) in [6, 6.07) is 0.199. The van der Waals surface area contributed by atoms with Gasteiger partial charge in [0.25, 0.3) is 0 Å². The SMILES string of the molecule is CCNC1COCC1C(=O)NCC(C1CC1)C1CC1. The summed E-state index contributed by atoms with van der Waals surface area (Å²) < 4.78 is 5.45. The van der Waals surface area contributed by atoms with E-state index in [1.807, 2.05) is 0 Å². The summed E-state index contributed by atoms with van der Waals surface area (Å²) in [6.45, 7) is 5.10. The first-order valence-electron chi connectivity index (χ1n) is 7.88. The molecule has 1 heterocycles. The predicted octanol–water partition coefficient (Wildman–Crippen LogP) is 1.16. The van der Waals surface area contributed by atoms with Gasteiger partial charge in [-0.1, -0.05) is 6.92 Å². The van der Waals surface area contributed by atoms with Gasteiger partial charge in [0.2, 0.25) is 5.91 Å². The number of carbonyl (C=O) groups is 1. The van der Waals surface area contributed by atoms with E-state index >= 15 is 0 Å². The molecule has 0 aromatic rings. The highest BCUT2D eigenvalue weighted by molar-refractivity contribution is 5.79. The van der Waals surface area contributed by atoms with Gasteiger partial charge in [0.05, 0.1) is 19.1 Å². The number of hydrogen-bond acceptors (Lipinski definition) is 3. The Kier molecular flexibility index (Phi) is 4.08. The lowest BCUT2D eigenvalue weighted by Crippen LogP contribution is -2.45. The van der Waals surface area contributed by atoms with Crippen molar-refractivity contribution in [3.63, 3.8) is 0 Å². The van der Waals surface area contributed by atoms with Gasteiger partial charge in [0, 0.05) is 12.6 Å². The Morgan fingerprint density at radius 3 is 2.47 bits per heavy atom. The summed E-state index contributed by atoms with van der Waals surface area (Å²) in [5, 5.41) is 6.54. The minimum Gasteiger partial charge on any atom is -0.379 e. The molecule has 1 aliphatic heterocycles. The second-order valence-corrected chi connectivity index (χ2v) is 6.39. The fourth-order valence-corrected chi connectivity index (χ4v) is 3.39. The molecule has 2 N–H and O–H groups in total. The quantitative estimate of drug-likeness (QED) is 0.727. The van der Waals surface area contributed by atoms with Crippen molar-refractivity contribution in [1.29, 1.82) is 0 Å². The molecule has 0 spiro atoms. The second-order valence-electron chi connectivity index (χ2n) is 6.39. The van der Waals surface area contributed by atoms with Gasteiger partial charge in [-0.05, 0) is 50.0 Å². The highest BCUT2D eigenvalue weighted by atomic mass is 16.5. The summed E-state index contributed by atoms with van der Waals surface area (Å²) in [7, 11) is 0. The molecule has 2 atom stereocenters. The molecule has 4 nitrogen and oxygen atoms in total. The Hall–Kier alpha value is -0.610. The van der Waals surface area contributed by atoms with Crippen LogP contribution in [0.5, 0.6) is 0 Å². The van der Waals surface area contributed by atoms with E-state index < -0.39 is 0 Å². The molecule has 2 unspecified atom stereocenters. The third-order valence-electron chi connectivity index (χ3n) is 4.85. The molecule has 19 heavy (non-hydrogen) atoms. The molecule has 3 fully saturated rings. The van der Waals surface area contributed by atoms with Gasteiger partial charge in [0.15, 0.2) is 0 Å². The molecular formula is C15H26N2O2. The van der Waals surface area contributed by atoms with Crippen molar-refractivity contribution in [3.05, 3.63) is 0 Å². The zero-order chi connectivity index (χ0) is 13.2. The summed E-state index contributed by atoms with van der Waals surface area (Å²) >= 11 is 0. The van der Waals surface area contributed by atoms with Crippen LogP contribution in [0.4, 0.5) is 0 Å². The van der Waals surface area contributed by atoms with E-state index in [-0.39, 0.29) is 17.9 Å². The van der Waals surface area contributed by atoms with E-state index in [1.165, 1.54) is 25.7 Å². The maximum Gasteiger partial charge on any atom is 0.227 e. The van der Waals surface area contributed by atoms with E-state index in [0.717, 1.165) is 30.8 Å². The minimum absolute atomic E-state index is 0.000920. The van der Waals surface area contributed by atoms with Crippen molar-refractivity contribution in [2.24, 2.45) is 23.7 Å². The van der Waals surface area contributed by atoms with Crippen LogP contribution in [0, 0.1) is 23.7 Å². The Labute approximate surface area is 115 Å². The first kappa shape index (κ1) is 13.4. The van der Waals surface area contributed by atoms with Crippen molar-refractivity contribution < 1.29 is 9.53 Å². The minimum atomic E-state index is -0.000920. The Morgan fingerprint density at radius 1 is 1.21 bits per heavy atom. The van der Waals surface area contributed by atoms with Crippen LogP contribution in [0.1, 0.15) is 32.6 Å². The van der Waals surface area contributed by atoms with Crippen LogP contribution < -0.4 is 10.6 Å². The van der Waals surface area contributed by atoms with Crippen molar-refractivity contribution in [3.8, 4) is 0 Å². The van der Waals surface area contributed by atoms with Crippen molar-refractivity contribution in [2.75, 3.05) is 26.3 Å². The molecule has 2 saturated carbocycles. The topological polar surface area (TPSA) is 50.4 Å². The molecule has 3 aliphatic rings. The molecule has 4 heteroatoms. The molecule has 0 radical (unpaired) electrons. The van der Waals surface area contributed by atoms with Gasteiger partial charge < -0.3 is 15.4 Å².